The molecule has 0 aliphatic carbocycles. The second-order valence-corrected chi connectivity index (χ2v) is 7.06. The Bertz CT molecular complexity index is 822. The predicted molar refractivity (Wildman–Crippen MR) is 95.9 cm³/mol. The summed E-state index contributed by atoms with van der Waals surface area (Å²) in [5, 5.41) is 0. The topological polar surface area (TPSA) is 72.5 Å². The molecule has 0 spiro atoms. The van der Waals surface area contributed by atoms with E-state index in [0.717, 1.165) is 11.3 Å². The molecule has 2 rings (SSSR count). The number of nitrogens with one attached hydrogen (secondary N) is 1. The second kappa shape index (κ2) is 7.79. The number of ether oxygens (including phenoxy) is 1. The van der Waals surface area contributed by atoms with Crippen molar-refractivity contribution in [1.29, 1.82) is 0 Å². The van der Waals surface area contributed by atoms with E-state index in [9.17, 15) is 13.2 Å². The monoisotopic (exact) mass is 345 g/mol. The van der Waals surface area contributed by atoms with Crippen molar-refractivity contribution in [2.24, 2.45) is 0 Å². The molecule has 0 heterocycles. The van der Waals surface area contributed by atoms with Gasteiger partial charge in [-0.3, -0.25) is 9.52 Å². The summed E-state index contributed by atoms with van der Waals surface area (Å²) >= 11 is 0. The molecule has 0 amide bonds. The van der Waals surface area contributed by atoms with Gasteiger partial charge in [-0.05, 0) is 55.0 Å². The van der Waals surface area contributed by atoms with Gasteiger partial charge in [-0.2, -0.15) is 0 Å². The number of hydrogen-bond acceptors (Lipinski definition) is 4. The molecule has 0 saturated heterocycles. The van der Waals surface area contributed by atoms with Crippen molar-refractivity contribution in [3.05, 3.63) is 65.7 Å². The smallest absolute Gasteiger partial charge is 0.232 e. The SMILES string of the molecule is CCS(=O)(=O)Nc1ccc(C(=O)C=Cc2ccc(OC)cc2)cc1. The molecule has 2 aromatic rings. The Morgan fingerprint density at radius 1 is 1.08 bits per heavy atom. The largest absolute Gasteiger partial charge is 0.497 e. The minimum atomic E-state index is -3.32. The molecule has 0 aliphatic rings. The Hall–Kier alpha value is -2.60. The van der Waals surface area contributed by atoms with Crippen LogP contribution in [0.2, 0.25) is 0 Å². The number of sulfonamides is 1. The van der Waals surface area contributed by atoms with Crippen molar-refractivity contribution in [1.82, 2.24) is 0 Å². The molecule has 0 fully saturated rings. The first kappa shape index (κ1) is 17.7. The zero-order valence-electron chi connectivity index (χ0n) is 13.5. The summed E-state index contributed by atoms with van der Waals surface area (Å²) in [6.07, 6.45) is 3.20. The number of anilines is 1. The Labute approximate surface area is 142 Å². The van der Waals surface area contributed by atoms with E-state index in [1.165, 1.54) is 6.08 Å². The molecule has 0 saturated carbocycles. The van der Waals surface area contributed by atoms with E-state index in [-0.39, 0.29) is 11.5 Å². The lowest BCUT2D eigenvalue weighted by Gasteiger charge is -2.06. The second-order valence-electron chi connectivity index (χ2n) is 5.05. The van der Waals surface area contributed by atoms with E-state index >= 15 is 0 Å². The van der Waals surface area contributed by atoms with Gasteiger partial charge in [0.2, 0.25) is 10.0 Å². The van der Waals surface area contributed by atoms with E-state index in [1.54, 1.807) is 44.4 Å². The van der Waals surface area contributed by atoms with Crippen LogP contribution in [0.1, 0.15) is 22.8 Å². The average Bonchev–Trinajstić information content (AvgIpc) is 2.60. The zero-order chi connectivity index (χ0) is 17.6. The van der Waals surface area contributed by atoms with Crippen molar-refractivity contribution >= 4 is 27.6 Å². The molecular weight excluding hydrogens is 326 g/mol. The standard InChI is InChI=1S/C18H19NO4S/c1-3-24(21,22)19-16-9-7-15(8-10-16)18(20)13-6-14-4-11-17(23-2)12-5-14/h4-13,19H,3H2,1-2H3. The third kappa shape index (κ3) is 4.96. The first-order valence-corrected chi connectivity index (χ1v) is 9.06. The van der Waals surface area contributed by atoms with Gasteiger partial charge in [0.25, 0.3) is 0 Å². The first-order chi connectivity index (χ1) is 11.4. The van der Waals surface area contributed by atoms with Gasteiger partial charge in [-0.25, -0.2) is 8.42 Å². The Morgan fingerprint density at radius 2 is 1.71 bits per heavy atom. The summed E-state index contributed by atoms with van der Waals surface area (Å²) in [5.74, 6) is 0.595. The molecule has 2 aromatic carbocycles. The van der Waals surface area contributed by atoms with Crippen molar-refractivity contribution < 1.29 is 17.9 Å². The highest BCUT2D eigenvalue weighted by atomic mass is 32.2. The number of rotatable bonds is 7. The van der Waals surface area contributed by atoms with Crippen LogP contribution in [0.5, 0.6) is 5.75 Å². The van der Waals surface area contributed by atoms with E-state index in [4.69, 9.17) is 4.74 Å². The van der Waals surface area contributed by atoms with Gasteiger partial charge in [0.15, 0.2) is 5.78 Å². The molecule has 0 bridgehead atoms. The fraction of sp³-hybridized carbons (Fsp3) is 0.167. The van der Waals surface area contributed by atoms with Crippen LogP contribution in [0.3, 0.4) is 0 Å². The maximum atomic E-state index is 12.1. The molecule has 0 atom stereocenters. The number of carbonyl (C=O) groups is 1. The predicted octanol–water partition coefficient (Wildman–Crippen LogP) is 3.35. The quantitative estimate of drug-likeness (QED) is 0.617. The Kier molecular flexibility index (Phi) is 5.76. The molecule has 6 heteroatoms. The summed E-state index contributed by atoms with van der Waals surface area (Å²) in [5.41, 5.74) is 1.81. The van der Waals surface area contributed by atoms with Crippen molar-refractivity contribution in [2.75, 3.05) is 17.6 Å². The summed E-state index contributed by atoms with van der Waals surface area (Å²) in [7, 11) is -1.72. The highest BCUT2D eigenvalue weighted by molar-refractivity contribution is 7.92. The fourth-order valence-corrected chi connectivity index (χ4v) is 2.58. The molecule has 5 nitrogen and oxygen atoms in total. The molecule has 0 radical (unpaired) electrons. The molecule has 24 heavy (non-hydrogen) atoms. The first-order valence-electron chi connectivity index (χ1n) is 7.40. The molecule has 0 unspecified atom stereocenters. The number of benzene rings is 2. The highest BCUT2D eigenvalue weighted by Gasteiger charge is 2.07. The minimum absolute atomic E-state index is 0.00171. The molecular formula is C18H19NO4S. The lowest BCUT2D eigenvalue weighted by atomic mass is 10.1. The summed E-state index contributed by atoms with van der Waals surface area (Å²) < 4.78 is 30.5. The zero-order valence-corrected chi connectivity index (χ0v) is 14.3. The summed E-state index contributed by atoms with van der Waals surface area (Å²) in [6.45, 7) is 1.56. The van der Waals surface area contributed by atoms with Gasteiger partial charge in [-0.15, -0.1) is 0 Å². The number of ketones is 1. The number of allylic oxidation sites excluding steroid dienone is 1. The lowest BCUT2D eigenvalue weighted by molar-refractivity contribution is 0.104. The van der Waals surface area contributed by atoms with Crippen LogP contribution in [-0.4, -0.2) is 27.1 Å². The van der Waals surface area contributed by atoms with Crippen LogP contribution < -0.4 is 9.46 Å². The Morgan fingerprint density at radius 3 is 2.25 bits per heavy atom. The number of hydrogen-bond donors (Lipinski definition) is 1. The van der Waals surface area contributed by atoms with Gasteiger partial charge in [0.1, 0.15) is 5.75 Å². The van der Waals surface area contributed by atoms with Gasteiger partial charge in [0, 0.05) is 11.3 Å². The van der Waals surface area contributed by atoms with Gasteiger partial charge < -0.3 is 4.74 Å². The Balaban J connectivity index is 2.05. The molecule has 0 aliphatic heterocycles. The van der Waals surface area contributed by atoms with Crippen molar-refractivity contribution in [3.8, 4) is 5.75 Å². The summed E-state index contributed by atoms with van der Waals surface area (Å²) in [4.78, 5) is 12.1. The van der Waals surface area contributed by atoms with E-state index in [2.05, 4.69) is 4.72 Å². The molecule has 126 valence electrons. The minimum Gasteiger partial charge on any atom is -0.497 e. The van der Waals surface area contributed by atoms with E-state index < -0.39 is 10.0 Å². The normalized spacial score (nSPS) is 11.4. The number of carbonyl (C=O) groups excluding carboxylic acids is 1. The van der Waals surface area contributed by atoms with Gasteiger partial charge in [0.05, 0.1) is 12.9 Å². The van der Waals surface area contributed by atoms with Crippen LogP contribution in [-0.2, 0) is 10.0 Å². The maximum absolute atomic E-state index is 12.1. The van der Waals surface area contributed by atoms with Crippen LogP contribution in [0, 0.1) is 0 Å². The van der Waals surface area contributed by atoms with Crippen LogP contribution in [0.15, 0.2) is 54.6 Å². The van der Waals surface area contributed by atoms with Crippen LogP contribution >= 0.6 is 0 Å². The lowest BCUT2D eigenvalue weighted by Crippen LogP contribution is -2.14. The van der Waals surface area contributed by atoms with E-state index in [1.807, 2.05) is 24.3 Å². The van der Waals surface area contributed by atoms with Gasteiger partial charge in [-0.1, -0.05) is 18.2 Å². The van der Waals surface area contributed by atoms with Crippen LogP contribution in [0.4, 0.5) is 5.69 Å². The average molecular weight is 345 g/mol. The van der Waals surface area contributed by atoms with Crippen molar-refractivity contribution in [3.63, 3.8) is 0 Å². The fourth-order valence-electron chi connectivity index (χ4n) is 1.94. The highest BCUT2D eigenvalue weighted by Crippen LogP contribution is 2.15. The third-order valence-electron chi connectivity index (χ3n) is 3.37. The molecule has 0 aromatic heterocycles. The number of methoxy groups -OCH3 is 1. The van der Waals surface area contributed by atoms with E-state index in [0.29, 0.717) is 11.3 Å². The van der Waals surface area contributed by atoms with Crippen molar-refractivity contribution in [2.45, 2.75) is 6.92 Å². The van der Waals surface area contributed by atoms with Crippen LogP contribution in [0.25, 0.3) is 6.08 Å². The maximum Gasteiger partial charge on any atom is 0.232 e. The summed E-state index contributed by atoms with van der Waals surface area (Å²) in [6, 6.07) is 13.7. The third-order valence-corrected chi connectivity index (χ3v) is 4.67. The molecule has 1 N–H and O–H groups in total. The van der Waals surface area contributed by atoms with Gasteiger partial charge >= 0.3 is 0 Å².